The van der Waals surface area contributed by atoms with Crippen LogP contribution in [0.5, 0.6) is 0 Å². The minimum Gasteiger partial charge on any atom is -0.309 e. The molecule has 2 aliphatic heterocycles. The molecule has 1 unspecified atom stereocenters. The van der Waals surface area contributed by atoms with Crippen LogP contribution >= 0.6 is 11.3 Å². The molecule has 7 nitrogen and oxygen atoms in total. The van der Waals surface area contributed by atoms with Crippen LogP contribution in [0.15, 0.2) is 24.3 Å². The maximum Gasteiger partial charge on any atom is 0.406 e. The van der Waals surface area contributed by atoms with Gasteiger partial charge in [0, 0.05) is 12.8 Å². The SMILES string of the molecule is O=C1C(=O)N(CC(F)(F)F)C(=O)N1C[NH+]1CCC[C@@H]1c1nc2ccccc2s1. The second kappa shape index (κ2) is 6.82. The third-order valence-corrected chi connectivity index (χ3v) is 6.08. The van der Waals surface area contributed by atoms with E-state index in [1.54, 1.807) is 0 Å². The summed E-state index contributed by atoms with van der Waals surface area (Å²) in [4.78, 5) is 42.2. The van der Waals surface area contributed by atoms with Gasteiger partial charge in [-0.2, -0.15) is 13.2 Å². The van der Waals surface area contributed by atoms with Crippen LogP contribution in [0, 0.1) is 0 Å². The molecule has 0 aliphatic carbocycles. The third kappa shape index (κ3) is 3.35. The number of rotatable bonds is 4. The van der Waals surface area contributed by atoms with Crippen LogP contribution in [-0.2, 0) is 9.59 Å². The molecule has 4 rings (SSSR count). The molecular weight excluding hydrogens is 397 g/mol. The molecule has 2 aliphatic rings. The van der Waals surface area contributed by atoms with Crippen molar-refractivity contribution in [2.45, 2.75) is 25.1 Å². The van der Waals surface area contributed by atoms with Crippen LogP contribution in [0.4, 0.5) is 18.0 Å². The van der Waals surface area contributed by atoms with Gasteiger partial charge >= 0.3 is 24.0 Å². The molecule has 1 aromatic carbocycles. The monoisotopic (exact) mass is 413 g/mol. The molecule has 0 spiro atoms. The molecule has 2 fully saturated rings. The van der Waals surface area contributed by atoms with Crippen molar-refractivity contribution >= 4 is 39.4 Å². The number of nitrogens with one attached hydrogen (secondary N) is 1. The van der Waals surface area contributed by atoms with Crippen LogP contribution in [0.3, 0.4) is 0 Å². The van der Waals surface area contributed by atoms with Crippen molar-refractivity contribution in [2.24, 2.45) is 0 Å². The smallest absolute Gasteiger partial charge is 0.309 e. The molecule has 1 N–H and O–H groups in total. The molecule has 28 heavy (non-hydrogen) atoms. The Bertz CT molecular complexity index is 928. The van der Waals surface area contributed by atoms with Crippen LogP contribution < -0.4 is 4.90 Å². The predicted octanol–water partition coefficient (Wildman–Crippen LogP) is 1.33. The number of fused-ring (bicyclic) bond motifs is 1. The fourth-order valence-electron chi connectivity index (χ4n) is 3.65. The number of aromatic nitrogens is 1. The summed E-state index contributed by atoms with van der Waals surface area (Å²) in [6.07, 6.45) is -3.15. The van der Waals surface area contributed by atoms with Gasteiger partial charge in [0.05, 0.1) is 16.8 Å². The number of alkyl halides is 3. The molecule has 2 atom stereocenters. The van der Waals surface area contributed by atoms with E-state index in [1.807, 2.05) is 24.3 Å². The molecule has 3 heterocycles. The topological polar surface area (TPSA) is 75.0 Å². The van der Waals surface area contributed by atoms with Crippen LogP contribution in [-0.4, -0.2) is 58.6 Å². The van der Waals surface area contributed by atoms with Gasteiger partial charge in [-0.05, 0) is 12.1 Å². The highest BCUT2D eigenvalue weighted by Gasteiger charge is 2.51. The van der Waals surface area contributed by atoms with Crippen molar-refractivity contribution in [1.82, 2.24) is 14.8 Å². The van der Waals surface area contributed by atoms with Gasteiger partial charge in [0.25, 0.3) is 0 Å². The van der Waals surface area contributed by atoms with Gasteiger partial charge in [-0.1, -0.05) is 12.1 Å². The first-order valence-corrected chi connectivity index (χ1v) is 9.50. The van der Waals surface area contributed by atoms with Crippen LogP contribution in [0.25, 0.3) is 10.2 Å². The Morgan fingerprint density at radius 3 is 2.57 bits per heavy atom. The maximum absolute atomic E-state index is 12.6. The van der Waals surface area contributed by atoms with Crippen molar-refractivity contribution in [3.63, 3.8) is 0 Å². The molecule has 0 saturated carbocycles. The molecule has 4 amide bonds. The number of hydrogen-bond donors (Lipinski definition) is 1. The van der Waals surface area contributed by atoms with Gasteiger partial charge in [-0.3, -0.25) is 9.59 Å². The summed E-state index contributed by atoms with van der Waals surface area (Å²) in [5.41, 5.74) is 0.855. The van der Waals surface area contributed by atoms with Crippen molar-refractivity contribution in [2.75, 3.05) is 19.8 Å². The summed E-state index contributed by atoms with van der Waals surface area (Å²) in [6, 6.07) is 6.34. The number of urea groups is 1. The molecule has 2 aromatic rings. The fraction of sp³-hybridized carbons (Fsp3) is 0.412. The lowest BCUT2D eigenvalue weighted by atomic mass is 10.2. The van der Waals surface area contributed by atoms with Crippen molar-refractivity contribution in [3.8, 4) is 0 Å². The van der Waals surface area contributed by atoms with Gasteiger partial charge in [-0.25, -0.2) is 19.6 Å². The number of halogens is 3. The molecule has 1 aromatic heterocycles. The third-order valence-electron chi connectivity index (χ3n) is 4.93. The van der Waals surface area contributed by atoms with E-state index in [4.69, 9.17) is 0 Å². The summed E-state index contributed by atoms with van der Waals surface area (Å²) in [7, 11) is 0. The number of carbonyl (C=O) groups excluding carboxylic acids is 3. The number of thiazole rings is 1. The molecule has 0 radical (unpaired) electrons. The molecule has 148 valence electrons. The lowest BCUT2D eigenvalue weighted by Gasteiger charge is -2.24. The standard InChI is InChI=1S/C17H15F3N4O3S/c18-17(19,20)8-23-14(25)15(26)24(16(23)27)9-22-7-3-5-11(22)13-21-10-4-1-2-6-12(10)28-13/h1-2,4,6,11H,3,5,7-9H2/p+1/t11-/m1/s1. The first kappa shape index (κ1) is 18.8. The zero-order chi connectivity index (χ0) is 20.1. The predicted molar refractivity (Wildman–Crippen MR) is 92.3 cm³/mol. The van der Waals surface area contributed by atoms with Gasteiger partial charge in [0.1, 0.15) is 12.6 Å². The van der Waals surface area contributed by atoms with Gasteiger partial charge in [0.15, 0.2) is 11.7 Å². The zero-order valence-electron chi connectivity index (χ0n) is 14.5. The van der Waals surface area contributed by atoms with Crippen molar-refractivity contribution in [3.05, 3.63) is 29.3 Å². The number of benzene rings is 1. The number of amides is 4. The average molecular weight is 413 g/mol. The number of imide groups is 2. The first-order valence-electron chi connectivity index (χ1n) is 8.69. The Morgan fingerprint density at radius 1 is 1.14 bits per heavy atom. The first-order chi connectivity index (χ1) is 13.2. The highest BCUT2D eigenvalue weighted by atomic mass is 32.1. The Hall–Kier alpha value is -2.53. The van der Waals surface area contributed by atoms with Crippen molar-refractivity contribution in [1.29, 1.82) is 0 Å². The number of carbonyl (C=O) groups is 3. The van der Waals surface area contributed by atoms with E-state index in [0.29, 0.717) is 11.4 Å². The van der Waals surface area contributed by atoms with Gasteiger partial charge in [0.2, 0.25) is 0 Å². The minimum absolute atomic E-state index is 0.0372. The Kier molecular flexibility index (Phi) is 4.58. The van der Waals surface area contributed by atoms with E-state index in [0.717, 1.165) is 33.0 Å². The zero-order valence-corrected chi connectivity index (χ0v) is 15.3. The van der Waals surface area contributed by atoms with Crippen LogP contribution in [0.1, 0.15) is 23.9 Å². The second-order valence-corrected chi connectivity index (χ2v) is 7.87. The summed E-state index contributed by atoms with van der Waals surface area (Å²) in [6.45, 7) is -1.28. The lowest BCUT2D eigenvalue weighted by Crippen LogP contribution is -3.12. The quantitative estimate of drug-likeness (QED) is 0.606. The fourth-order valence-corrected chi connectivity index (χ4v) is 4.81. The maximum atomic E-state index is 12.6. The minimum atomic E-state index is -4.76. The van der Waals surface area contributed by atoms with E-state index >= 15 is 0 Å². The van der Waals surface area contributed by atoms with E-state index in [-0.39, 0.29) is 17.6 Å². The summed E-state index contributed by atoms with van der Waals surface area (Å²) in [5, 5.41) is 0.853. The average Bonchev–Trinajstić information content (AvgIpc) is 3.31. The van der Waals surface area contributed by atoms with Crippen LogP contribution in [0.2, 0.25) is 0 Å². The van der Waals surface area contributed by atoms with Gasteiger partial charge in [-0.15, -0.1) is 11.3 Å². The molecule has 11 heteroatoms. The van der Waals surface area contributed by atoms with E-state index in [1.165, 1.54) is 11.3 Å². The van der Waals surface area contributed by atoms with E-state index < -0.39 is 30.6 Å². The summed E-state index contributed by atoms with van der Waals surface area (Å²) >= 11 is 1.52. The Morgan fingerprint density at radius 2 is 1.86 bits per heavy atom. The highest BCUT2D eigenvalue weighted by molar-refractivity contribution is 7.18. The number of hydrogen-bond acceptors (Lipinski definition) is 5. The number of likely N-dealkylation sites (tertiary alicyclic amines) is 1. The summed E-state index contributed by atoms with van der Waals surface area (Å²) < 4.78 is 38.8. The number of para-hydroxylation sites is 1. The number of nitrogens with zero attached hydrogens (tertiary/aromatic N) is 3. The normalized spacial score (nSPS) is 23.5. The lowest BCUT2D eigenvalue weighted by molar-refractivity contribution is -0.925. The Labute approximate surface area is 161 Å². The molecule has 0 bridgehead atoms. The number of quaternary nitrogens is 1. The molecule has 2 saturated heterocycles. The largest absolute Gasteiger partial charge is 0.406 e. The van der Waals surface area contributed by atoms with Crippen molar-refractivity contribution < 1.29 is 32.5 Å². The molecular formula is C17H16F3N4O3S+. The van der Waals surface area contributed by atoms with E-state index in [9.17, 15) is 27.6 Å². The van der Waals surface area contributed by atoms with E-state index in [2.05, 4.69) is 4.98 Å². The highest BCUT2D eigenvalue weighted by Crippen LogP contribution is 2.29. The summed E-state index contributed by atoms with van der Waals surface area (Å²) in [5.74, 6) is -2.64. The van der Waals surface area contributed by atoms with Gasteiger partial charge < -0.3 is 4.90 Å². The second-order valence-electron chi connectivity index (χ2n) is 6.80. The Balaban J connectivity index is 1.53.